The van der Waals surface area contributed by atoms with E-state index in [1.807, 2.05) is 36.8 Å². The third kappa shape index (κ3) is 3.52. The predicted octanol–water partition coefficient (Wildman–Crippen LogP) is 5.00. The molecule has 0 bridgehead atoms. The van der Waals surface area contributed by atoms with Crippen molar-refractivity contribution in [2.24, 2.45) is 5.73 Å². The first-order valence-electron chi connectivity index (χ1n) is 10.6. The van der Waals surface area contributed by atoms with Gasteiger partial charge in [-0.1, -0.05) is 48.9 Å². The minimum absolute atomic E-state index is 0.304. The Bertz CT molecular complexity index is 1410. The SMILES string of the molecule is Cc1cccc(-c2cc(-c3cnc4cc(C5(C)C=CC=C(C(N)=O)C5)ccn34)ccn2)c1. The van der Waals surface area contributed by atoms with Crippen LogP contribution in [0.4, 0.5) is 0 Å². The zero-order valence-electron chi connectivity index (χ0n) is 18.1. The Kier molecular flexibility index (Phi) is 4.74. The summed E-state index contributed by atoms with van der Waals surface area (Å²) in [6.45, 7) is 4.20. The zero-order valence-corrected chi connectivity index (χ0v) is 18.1. The lowest BCUT2D eigenvalue weighted by Gasteiger charge is -2.29. The number of allylic oxidation sites excluding steroid dienone is 3. The van der Waals surface area contributed by atoms with E-state index < -0.39 is 0 Å². The van der Waals surface area contributed by atoms with Crippen LogP contribution in [0.5, 0.6) is 0 Å². The lowest BCUT2D eigenvalue weighted by molar-refractivity contribution is -0.114. The van der Waals surface area contributed by atoms with E-state index in [0.29, 0.717) is 12.0 Å². The van der Waals surface area contributed by atoms with E-state index in [1.54, 1.807) is 6.08 Å². The summed E-state index contributed by atoms with van der Waals surface area (Å²) in [7, 11) is 0. The van der Waals surface area contributed by atoms with Crippen molar-refractivity contribution in [2.75, 3.05) is 0 Å². The van der Waals surface area contributed by atoms with Gasteiger partial charge in [0.1, 0.15) is 5.65 Å². The quantitative estimate of drug-likeness (QED) is 0.505. The van der Waals surface area contributed by atoms with Crippen LogP contribution in [-0.4, -0.2) is 20.3 Å². The molecule has 1 atom stereocenters. The van der Waals surface area contributed by atoms with E-state index >= 15 is 0 Å². The number of fused-ring (bicyclic) bond motifs is 1. The van der Waals surface area contributed by atoms with Crippen molar-refractivity contribution in [3.63, 3.8) is 0 Å². The normalized spacial score (nSPS) is 18.0. The molecular formula is C27H24N4O. The fourth-order valence-corrected chi connectivity index (χ4v) is 4.36. The van der Waals surface area contributed by atoms with Gasteiger partial charge in [0, 0.05) is 34.5 Å². The van der Waals surface area contributed by atoms with E-state index in [9.17, 15) is 4.79 Å². The van der Waals surface area contributed by atoms with E-state index in [1.165, 1.54) is 5.56 Å². The van der Waals surface area contributed by atoms with Crippen LogP contribution >= 0.6 is 0 Å². The number of benzene rings is 1. The number of rotatable bonds is 4. The summed E-state index contributed by atoms with van der Waals surface area (Å²) >= 11 is 0. The van der Waals surface area contributed by atoms with Crippen LogP contribution < -0.4 is 5.73 Å². The number of nitrogens with two attached hydrogens (primary N) is 1. The highest BCUT2D eigenvalue weighted by Crippen LogP contribution is 2.36. The third-order valence-electron chi connectivity index (χ3n) is 6.18. The van der Waals surface area contributed by atoms with Crippen LogP contribution in [0.3, 0.4) is 0 Å². The van der Waals surface area contributed by atoms with Crippen LogP contribution in [0.15, 0.2) is 90.9 Å². The molecule has 3 aromatic heterocycles. The topological polar surface area (TPSA) is 73.3 Å². The van der Waals surface area contributed by atoms with Crippen molar-refractivity contribution in [1.29, 1.82) is 0 Å². The van der Waals surface area contributed by atoms with Gasteiger partial charge in [0.2, 0.25) is 5.91 Å². The molecule has 0 saturated carbocycles. The fraction of sp³-hybridized carbons (Fsp3) is 0.148. The number of nitrogens with zero attached hydrogens (tertiary/aromatic N) is 3. The monoisotopic (exact) mass is 420 g/mol. The van der Waals surface area contributed by atoms with Gasteiger partial charge in [-0.15, -0.1) is 0 Å². The second kappa shape index (κ2) is 7.61. The standard InChI is InChI=1S/C27H24N4O/c1-18-5-3-6-19(13-18)23-14-20(8-11-29-23)24-17-30-25-15-22(9-12-31(24)25)27(2)10-4-7-21(16-27)26(28)32/h3-15,17H,16H2,1-2H3,(H2,28,32). The molecule has 3 heterocycles. The van der Waals surface area contributed by atoms with E-state index in [-0.39, 0.29) is 11.3 Å². The number of aromatic nitrogens is 3. The predicted molar refractivity (Wildman–Crippen MR) is 127 cm³/mol. The van der Waals surface area contributed by atoms with Crippen LogP contribution in [0.25, 0.3) is 28.2 Å². The molecule has 0 saturated heterocycles. The fourth-order valence-electron chi connectivity index (χ4n) is 4.36. The summed E-state index contributed by atoms with van der Waals surface area (Å²) in [6, 6.07) is 16.6. The van der Waals surface area contributed by atoms with Gasteiger partial charge in [-0.25, -0.2) is 4.98 Å². The maximum atomic E-state index is 11.7. The Labute approximate surface area is 187 Å². The average Bonchev–Trinajstić information content (AvgIpc) is 3.23. The van der Waals surface area contributed by atoms with Gasteiger partial charge in [0.25, 0.3) is 0 Å². The summed E-state index contributed by atoms with van der Waals surface area (Å²) in [4.78, 5) is 20.9. The van der Waals surface area contributed by atoms with Crippen molar-refractivity contribution in [2.45, 2.75) is 25.7 Å². The molecule has 0 spiro atoms. The van der Waals surface area contributed by atoms with Crippen LogP contribution in [0, 0.1) is 6.92 Å². The zero-order chi connectivity index (χ0) is 22.3. The summed E-state index contributed by atoms with van der Waals surface area (Å²) < 4.78 is 2.08. The number of hydrogen-bond donors (Lipinski definition) is 1. The van der Waals surface area contributed by atoms with Gasteiger partial charge in [0.05, 0.1) is 17.6 Å². The largest absolute Gasteiger partial charge is 0.366 e. The molecule has 0 aliphatic heterocycles. The lowest BCUT2D eigenvalue weighted by atomic mass is 9.75. The van der Waals surface area contributed by atoms with Gasteiger partial charge >= 0.3 is 0 Å². The molecule has 0 radical (unpaired) electrons. The molecule has 32 heavy (non-hydrogen) atoms. The molecular weight excluding hydrogens is 396 g/mol. The van der Waals surface area contributed by atoms with Gasteiger partial charge < -0.3 is 5.73 Å². The number of pyridine rings is 2. The van der Waals surface area contributed by atoms with Crippen LogP contribution in [-0.2, 0) is 10.2 Å². The summed E-state index contributed by atoms with van der Waals surface area (Å²) in [5, 5.41) is 0. The molecule has 1 aromatic carbocycles. The van der Waals surface area contributed by atoms with E-state index in [0.717, 1.165) is 33.7 Å². The molecule has 158 valence electrons. The van der Waals surface area contributed by atoms with Crippen molar-refractivity contribution in [3.05, 3.63) is 102 Å². The molecule has 4 aromatic rings. The van der Waals surface area contributed by atoms with Crippen molar-refractivity contribution < 1.29 is 4.79 Å². The summed E-state index contributed by atoms with van der Waals surface area (Å²) in [5.74, 6) is -0.369. The lowest BCUT2D eigenvalue weighted by Crippen LogP contribution is -2.27. The first-order valence-corrected chi connectivity index (χ1v) is 10.6. The van der Waals surface area contributed by atoms with Crippen molar-refractivity contribution in [1.82, 2.24) is 14.4 Å². The second-order valence-electron chi connectivity index (χ2n) is 8.60. The number of imidazole rings is 1. The van der Waals surface area contributed by atoms with Gasteiger partial charge in [-0.2, -0.15) is 0 Å². The number of hydrogen-bond acceptors (Lipinski definition) is 3. The molecule has 1 aliphatic rings. The first kappa shape index (κ1) is 19.9. The third-order valence-corrected chi connectivity index (χ3v) is 6.18. The first-order chi connectivity index (χ1) is 15.4. The number of aryl methyl sites for hydroxylation is 1. The average molecular weight is 421 g/mol. The summed E-state index contributed by atoms with van der Waals surface area (Å²) in [5.41, 5.74) is 13.1. The second-order valence-corrected chi connectivity index (χ2v) is 8.60. The molecule has 5 heteroatoms. The highest BCUT2D eigenvalue weighted by molar-refractivity contribution is 5.93. The molecule has 0 fully saturated rings. The maximum absolute atomic E-state index is 11.7. The van der Waals surface area contributed by atoms with E-state index in [4.69, 9.17) is 5.73 Å². The minimum atomic E-state index is -0.369. The molecule has 1 unspecified atom stereocenters. The Morgan fingerprint density at radius 1 is 1.09 bits per heavy atom. The van der Waals surface area contributed by atoms with Crippen LogP contribution in [0.1, 0.15) is 24.5 Å². The van der Waals surface area contributed by atoms with E-state index in [2.05, 4.69) is 70.7 Å². The smallest absolute Gasteiger partial charge is 0.244 e. The highest BCUT2D eigenvalue weighted by Gasteiger charge is 2.29. The van der Waals surface area contributed by atoms with Gasteiger partial charge in [-0.3, -0.25) is 14.2 Å². The molecule has 5 nitrogen and oxygen atoms in total. The number of carbonyl (C=O) groups is 1. The number of amides is 1. The summed E-state index contributed by atoms with van der Waals surface area (Å²) in [6.07, 6.45) is 12.2. The van der Waals surface area contributed by atoms with Crippen molar-refractivity contribution >= 4 is 11.6 Å². The maximum Gasteiger partial charge on any atom is 0.244 e. The molecule has 1 aliphatic carbocycles. The molecule has 2 N–H and O–H groups in total. The Morgan fingerprint density at radius 3 is 2.78 bits per heavy atom. The minimum Gasteiger partial charge on any atom is -0.366 e. The number of primary amides is 1. The van der Waals surface area contributed by atoms with Gasteiger partial charge in [0.15, 0.2) is 0 Å². The Morgan fingerprint density at radius 2 is 1.97 bits per heavy atom. The van der Waals surface area contributed by atoms with Gasteiger partial charge in [-0.05, 0) is 49.2 Å². The molecule has 1 amide bonds. The number of carbonyl (C=O) groups excluding carboxylic acids is 1. The highest BCUT2D eigenvalue weighted by atomic mass is 16.1. The molecule has 5 rings (SSSR count). The Balaban J connectivity index is 1.52. The van der Waals surface area contributed by atoms with Crippen molar-refractivity contribution in [3.8, 4) is 22.5 Å². The van der Waals surface area contributed by atoms with Crippen LogP contribution in [0.2, 0.25) is 0 Å². The Hall–Kier alpha value is -3.99.